The monoisotopic (exact) mass is 393 g/mol. The Labute approximate surface area is 171 Å². The lowest BCUT2D eigenvalue weighted by Crippen LogP contribution is -2.37. The Morgan fingerprint density at radius 3 is 1.62 bits per heavy atom. The average Bonchev–Trinajstić information content (AvgIpc) is 2.80. The van der Waals surface area contributed by atoms with Crippen LogP contribution < -0.4 is 15.2 Å². The molecule has 5 nitrogen and oxygen atoms in total. The normalized spacial score (nSPS) is 12.4. The molecule has 3 N–H and O–H groups in total. The van der Waals surface area contributed by atoms with Crippen LogP contribution in [0.5, 0.6) is 11.5 Å². The second kappa shape index (κ2) is 9.56. The van der Waals surface area contributed by atoms with E-state index in [0.717, 1.165) is 28.2 Å². The SMILES string of the molecule is COc1ccc(C(OC[C@@H](O)CN)(c2ccccc2)c2ccc(OC)cc2)cc1. The largest absolute Gasteiger partial charge is 0.497 e. The van der Waals surface area contributed by atoms with Crippen LogP contribution in [0.1, 0.15) is 16.7 Å². The highest BCUT2D eigenvalue weighted by atomic mass is 16.5. The Morgan fingerprint density at radius 2 is 1.21 bits per heavy atom. The number of hydrogen-bond acceptors (Lipinski definition) is 5. The van der Waals surface area contributed by atoms with Gasteiger partial charge in [0.25, 0.3) is 0 Å². The highest BCUT2D eigenvalue weighted by Crippen LogP contribution is 2.41. The van der Waals surface area contributed by atoms with Crippen LogP contribution in [0.2, 0.25) is 0 Å². The molecule has 3 aromatic carbocycles. The van der Waals surface area contributed by atoms with Gasteiger partial charge in [0, 0.05) is 6.54 Å². The molecule has 3 aromatic rings. The highest BCUT2D eigenvalue weighted by Gasteiger charge is 2.38. The van der Waals surface area contributed by atoms with Crippen molar-refractivity contribution in [2.24, 2.45) is 5.73 Å². The number of aliphatic hydroxyl groups is 1. The van der Waals surface area contributed by atoms with Crippen LogP contribution >= 0.6 is 0 Å². The summed E-state index contributed by atoms with van der Waals surface area (Å²) in [6, 6.07) is 25.5. The lowest BCUT2D eigenvalue weighted by molar-refractivity contribution is -0.0351. The van der Waals surface area contributed by atoms with Crippen LogP contribution in [-0.2, 0) is 10.3 Å². The summed E-state index contributed by atoms with van der Waals surface area (Å²) in [5, 5.41) is 10.1. The van der Waals surface area contributed by atoms with Gasteiger partial charge in [-0.2, -0.15) is 0 Å². The predicted molar refractivity (Wildman–Crippen MR) is 113 cm³/mol. The van der Waals surface area contributed by atoms with E-state index < -0.39 is 11.7 Å². The third-order valence-corrected chi connectivity index (χ3v) is 4.94. The van der Waals surface area contributed by atoms with E-state index in [2.05, 4.69) is 0 Å². The van der Waals surface area contributed by atoms with Gasteiger partial charge in [-0.3, -0.25) is 0 Å². The van der Waals surface area contributed by atoms with Crippen molar-refractivity contribution in [2.75, 3.05) is 27.4 Å². The third-order valence-electron chi connectivity index (χ3n) is 4.94. The molecule has 0 spiro atoms. The Hall–Kier alpha value is -2.86. The second-order valence-electron chi connectivity index (χ2n) is 6.70. The zero-order valence-corrected chi connectivity index (χ0v) is 16.7. The van der Waals surface area contributed by atoms with E-state index in [9.17, 15) is 5.11 Å². The van der Waals surface area contributed by atoms with Crippen LogP contribution in [0.3, 0.4) is 0 Å². The first kappa shape index (κ1) is 20.9. The summed E-state index contributed by atoms with van der Waals surface area (Å²) in [5.41, 5.74) is 7.47. The number of hydrogen-bond donors (Lipinski definition) is 2. The molecule has 0 radical (unpaired) electrons. The minimum absolute atomic E-state index is 0.0868. The first-order valence-electron chi connectivity index (χ1n) is 9.50. The summed E-state index contributed by atoms with van der Waals surface area (Å²) in [5.74, 6) is 1.51. The van der Waals surface area contributed by atoms with Crippen molar-refractivity contribution < 1.29 is 19.3 Å². The molecule has 0 saturated heterocycles. The summed E-state index contributed by atoms with van der Waals surface area (Å²) in [4.78, 5) is 0. The van der Waals surface area contributed by atoms with Gasteiger partial charge in [0.15, 0.2) is 0 Å². The van der Waals surface area contributed by atoms with Crippen molar-refractivity contribution in [3.63, 3.8) is 0 Å². The molecule has 0 aliphatic heterocycles. The number of aliphatic hydroxyl groups excluding tert-OH is 1. The van der Waals surface area contributed by atoms with Crippen molar-refractivity contribution in [3.8, 4) is 11.5 Å². The van der Waals surface area contributed by atoms with Crippen LogP contribution in [-0.4, -0.2) is 38.6 Å². The van der Waals surface area contributed by atoms with E-state index >= 15 is 0 Å². The van der Waals surface area contributed by atoms with Gasteiger partial charge in [-0.05, 0) is 41.0 Å². The summed E-state index contributed by atoms with van der Waals surface area (Å²) in [6.45, 7) is 0.208. The average molecular weight is 393 g/mol. The van der Waals surface area contributed by atoms with E-state index in [1.54, 1.807) is 14.2 Å². The molecule has 3 rings (SSSR count). The summed E-state index contributed by atoms with van der Waals surface area (Å²) < 4.78 is 17.1. The lowest BCUT2D eigenvalue weighted by Gasteiger charge is -2.36. The maximum absolute atomic E-state index is 10.1. The number of benzene rings is 3. The Bertz CT molecular complexity index is 832. The molecule has 0 saturated carbocycles. The Morgan fingerprint density at radius 1 is 0.759 bits per heavy atom. The Kier molecular flexibility index (Phi) is 6.88. The van der Waals surface area contributed by atoms with Crippen molar-refractivity contribution in [1.82, 2.24) is 0 Å². The van der Waals surface area contributed by atoms with Crippen LogP contribution in [0.15, 0.2) is 78.9 Å². The minimum atomic E-state index is -0.935. The third kappa shape index (κ3) is 4.43. The molecule has 1 atom stereocenters. The van der Waals surface area contributed by atoms with Crippen molar-refractivity contribution >= 4 is 0 Å². The van der Waals surface area contributed by atoms with Gasteiger partial charge in [0.2, 0.25) is 0 Å². The molecule has 29 heavy (non-hydrogen) atoms. The number of methoxy groups -OCH3 is 2. The van der Waals surface area contributed by atoms with Gasteiger partial charge in [-0.1, -0.05) is 54.6 Å². The lowest BCUT2D eigenvalue weighted by atomic mass is 9.80. The zero-order chi connectivity index (χ0) is 20.7. The van der Waals surface area contributed by atoms with E-state index in [0.29, 0.717) is 0 Å². The minimum Gasteiger partial charge on any atom is -0.497 e. The van der Waals surface area contributed by atoms with E-state index in [1.807, 2.05) is 78.9 Å². The second-order valence-corrected chi connectivity index (χ2v) is 6.70. The quantitative estimate of drug-likeness (QED) is 0.546. The van der Waals surface area contributed by atoms with E-state index in [-0.39, 0.29) is 13.2 Å². The Balaban J connectivity index is 2.21. The molecule has 152 valence electrons. The molecular formula is C24H27NO4. The molecule has 0 aromatic heterocycles. The van der Waals surface area contributed by atoms with Gasteiger partial charge >= 0.3 is 0 Å². The molecule has 5 heteroatoms. The number of rotatable bonds is 9. The summed E-state index contributed by atoms with van der Waals surface area (Å²) >= 11 is 0. The van der Waals surface area contributed by atoms with Crippen LogP contribution in [0.4, 0.5) is 0 Å². The molecule has 0 aliphatic carbocycles. The molecular weight excluding hydrogens is 366 g/mol. The standard InChI is InChI=1S/C24H27NO4/c1-27-22-12-8-19(9-13-22)24(29-17-21(26)16-25,18-6-4-3-5-7-18)20-10-14-23(28-2)15-11-20/h3-15,21,26H,16-17,25H2,1-2H3/t21-/m0/s1. The maximum atomic E-state index is 10.1. The molecule has 0 unspecified atom stereocenters. The van der Waals surface area contributed by atoms with Crippen molar-refractivity contribution in [2.45, 2.75) is 11.7 Å². The van der Waals surface area contributed by atoms with E-state index in [4.69, 9.17) is 19.9 Å². The summed E-state index contributed by atoms with van der Waals surface area (Å²) in [7, 11) is 3.27. The van der Waals surface area contributed by atoms with Crippen molar-refractivity contribution in [1.29, 1.82) is 0 Å². The molecule has 0 aliphatic rings. The van der Waals surface area contributed by atoms with Crippen LogP contribution in [0, 0.1) is 0 Å². The van der Waals surface area contributed by atoms with Gasteiger partial charge < -0.3 is 25.1 Å². The number of ether oxygens (including phenoxy) is 3. The maximum Gasteiger partial charge on any atom is 0.143 e. The van der Waals surface area contributed by atoms with Crippen LogP contribution in [0.25, 0.3) is 0 Å². The first-order chi connectivity index (χ1) is 14.1. The molecule has 0 fully saturated rings. The summed E-state index contributed by atoms with van der Waals surface area (Å²) in [6.07, 6.45) is -0.769. The fourth-order valence-corrected chi connectivity index (χ4v) is 3.36. The predicted octanol–water partition coefficient (Wildman–Crippen LogP) is 3.33. The zero-order valence-electron chi connectivity index (χ0n) is 16.7. The molecule has 0 bridgehead atoms. The first-order valence-corrected chi connectivity index (χ1v) is 9.50. The smallest absolute Gasteiger partial charge is 0.143 e. The number of nitrogens with two attached hydrogens (primary N) is 1. The molecule has 0 amide bonds. The topological polar surface area (TPSA) is 73.9 Å². The fraction of sp³-hybridized carbons (Fsp3) is 0.250. The van der Waals surface area contributed by atoms with Crippen molar-refractivity contribution in [3.05, 3.63) is 95.6 Å². The van der Waals surface area contributed by atoms with Gasteiger partial charge in [-0.25, -0.2) is 0 Å². The molecule has 0 heterocycles. The van der Waals surface area contributed by atoms with Gasteiger partial charge in [0.05, 0.1) is 26.9 Å². The van der Waals surface area contributed by atoms with Gasteiger partial charge in [-0.15, -0.1) is 0 Å². The fourth-order valence-electron chi connectivity index (χ4n) is 3.36. The highest BCUT2D eigenvalue weighted by molar-refractivity contribution is 5.49. The van der Waals surface area contributed by atoms with E-state index in [1.165, 1.54) is 0 Å². The van der Waals surface area contributed by atoms with Gasteiger partial charge in [0.1, 0.15) is 17.1 Å².